The molecule has 0 bridgehead atoms. The molecule has 3 aromatic rings. The predicted molar refractivity (Wildman–Crippen MR) is 124 cm³/mol. The van der Waals surface area contributed by atoms with Gasteiger partial charge in [0.2, 0.25) is 0 Å². The zero-order valence-electron chi connectivity index (χ0n) is 18.1. The normalized spacial score (nSPS) is 16.6. The van der Waals surface area contributed by atoms with Crippen LogP contribution in [0.3, 0.4) is 0 Å². The Labute approximate surface area is 180 Å². The second-order valence-electron chi connectivity index (χ2n) is 7.68. The van der Waals surface area contributed by atoms with Crippen molar-refractivity contribution in [1.82, 2.24) is 5.16 Å². The number of nitrogens with zero attached hydrogens (tertiary/aromatic N) is 3. The van der Waals surface area contributed by atoms with Gasteiger partial charge in [0.05, 0.1) is 28.9 Å². The molecule has 158 valence electrons. The van der Waals surface area contributed by atoms with E-state index in [9.17, 15) is 4.21 Å². The van der Waals surface area contributed by atoms with E-state index in [2.05, 4.69) is 70.0 Å². The summed E-state index contributed by atoms with van der Waals surface area (Å²) in [6.07, 6.45) is 0.163. The molecule has 0 fully saturated rings. The molecule has 1 aromatic heterocycles. The van der Waals surface area contributed by atoms with Crippen molar-refractivity contribution in [3.63, 3.8) is 0 Å². The largest absolute Gasteiger partial charge is 0.361 e. The molecule has 1 N–H and O–H groups in total. The third-order valence-electron chi connectivity index (χ3n) is 5.77. The van der Waals surface area contributed by atoms with Crippen molar-refractivity contribution in [3.8, 4) is 11.1 Å². The van der Waals surface area contributed by atoms with Crippen LogP contribution in [0.2, 0.25) is 0 Å². The van der Waals surface area contributed by atoms with Gasteiger partial charge in [-0.3, -0.25) is 0 Å². The third-order valence-corrected chi connectivity index (χ3v) is 6.74. The summed E-state index contributed by atoms with van der Waals surface area (Å²) in [7, 11) is 0.942. The van der Waals surface area contributed by atoms with Crippen LogP contribution in [0.1, 0.15) is 30.9 Å². The Morgan fingerprint density at radius 1 is 1.20 bits per heavy atom. The Hall–Kier alpha value is -2.80. The van der Waals surface area contributed by atoms with Crippen molar-refractivity contribution < 1.29 is 8.73 Å². The molecule has 0 aliphatic carbocycles. The van der Waals surface area contributed by atoms with Crippen LogP contribution in [0.5, 0.6) is 0 Å². The number of hydrogen-bond donors (Lipinski definition) is 1. The van der Waals surface area contributed by atoms with E-state index in [1.807, 2.05) is 26.8 Å². The smallest absolute Gasteiger partial charge is 0.141 e. The van der Waals surface area contributed by atoms with Gasteiger partial charge in [0.15, 0.2) is 0 Å². The monoisotopic (exact) mass is 424 g/mol. The lowest BCUT2D eigenvalue weighted by molar-refractivity contribution is 0.393. The molecule has 4 rings (SSSR count). The Morgan fingerprint density at radius 3 is 2.57 bits per heavy atom. The first kappa shape index (κ1) is 20.5. The number of fused-ring (bicyclic) bond motifs is 1. The van der Waals surface area contributed by atoms with Gasteiger partial charge in [0.25, 0.3) is 0 Å². The molecule has 30 heavy (non-hydrogen) atoms. The average molecular weight is 425 g/mol. The molecule has 2 unspecified atom stereocenters. The van der Waals surface area contributed by atoms with Gasteiger partial charge in [-0.25, -0.2) is 4.21 Å². The summed E-state index contributed by atoms with van der Waals surface area (Å²) in [6.45, 7) is 8.78. The van der Waals surface area contributed by atoms with Crippen molar-refractivity contribution in [2.75, 3.05) is 27.3 Å². The molecule has 1 aliphatic rings. The summed E-state index contributed by atoms with van der Waals surface area (Å²) in [5.74, 6) is 1.32. The first-order valence-corrected chi connectivity index (χ1v) is 11.5. The molecular formula is C23H28N4O2S. The minimum Gasteiger partial charge on any atom is -0.361 e. The van der Waals surface area contributed by atoms with Gasteiger partial charge in [-0.15, -0.1) is 0 Å². The fourth-order valence-corrected chi connectivity index (χ4v) is 4.66. The van der Waals surface area contributed by atoms with Crippen LogP contribution in [0, 0.1) is 13.8 Å². The molecule has 2 atom stereocenters. The minimum absolute atomic E-state index is 0.163. The Kier molecular flexibility index (Phi) is 5.56. The summed E-state index contributed by atoms with van der Waals surface area (Å²) in [6, 6.07) is 14.7. The van der Waals surface area contributed by atoms with Crippen LogP contribution in [0.15, 0.2) is 47.0 Å². The highest BCUT2D eigenvalue weighted by Crippen LogP contribution is 2.48. The van der Waals surface area contributed by atoms with E-state index >= 15 is 0 Å². The van der Waals surface area contributed by atoms with Crippen LogP contribution in [-0.4, -0.2) is 28.3 Å². The second kappa shape index (κ2) is 8.14. The molecule has 1 aliphatic heterocycles. The highest BCUT2D eigenvalue weighted by Gasteiger charge is 2.34. The van der Waals surface area contributed by atoms with E-state index < -0.39 is 11.0 Å². The Balaban J connectivity index is 1.87. The summed E-state index contributed by atoms with van der Waals surface area (Å²) < 4.78 is 21.1. The maximum atomic E-state index is 12.4. The van der Waals surface area contributed by atoms with Crippen LogP contribution >= 0.6 is 0 Å². The molecule has 0 saturated carbocycles. The van der Waals surface area contributed by atoms with Gasteiger partial charge in [-0.05, 0) is 44.0 Å². The van der Waals surface area contributed by atoms with Gasteiger partial charge >= 0.3 is 0 Å². The van der Waals surface area contributed by atoms with Gasteiger partial charge in [-0.1, -0.05) is 42.4 Å². The zero-order valence-corrected chi connectivity index (χ0v) is 18.9. The quantitative estimate of drug-likeness (QED) is 0.612. The zero-order chi connectivity index (χ0) is 21.4. The molecule has 0 spiro atoms. The summed E-state index contributed by atoms with van der Waals surface area (Å²) in [5.41, 5.74) is 7.15. The van der Waals surface area contributed by atoms with E-state index in [0.29, 0.717) is 5.75 Å². The highest BCUT2D eigenvalue weighted by molar-refractivity contribution is 7.86. The number of hydrogen-bond acceptors (Lipinski definition) is 5. The first-order chi connectivity index (χ1) is 14.4. The molecular weight excluding hydrogens is 396 g/mol. The van der Waals surface area contributed by atoms with Crippen molar-refractivity contribution in [2.24, 2.45) is 0 Å². The standard InChI is InChI=1S/C23H28N4O2S/c1-6-30(28)25-20-12-19(22-15(2)24-29-16(22)3)13-21-23(20)26(5)17(4)27(21)14-18-10-8-7-9-11-18/h7-13,17,25H,6,14H2,1-5H3. The SMILES string of the molecule is CCS(=O)Nc1cc(-c2c(C)noc2C)cc2c1N(C)C(C)N2Cc1ccccc1. The van der Waals surface area contributed by atoms with Gasteiger partial charge in [-0.2, -0.15) is 0 Å². The molecule has 0 saturated heterocycles. The molecule has 7 heteroatoms. The van der Waals surface area contributed by atoms with E-state index in [1.54, 1.807) is 0 Å². The number of rotatable bonds is 6. The average Bonchev–Trinajstić information content (AvgIpc) is 3.20. The van der Waals surface area contributed by atoms with Crippen molar-refractivity contribution in [1.29, 1.82) is 0 Å². The van der Waals surface area contributed by atoms with Crippen molar-refractivity contribution in [3.05, 3.63) is 59.5 Å². The molecule has 2 heterocycles. The fourth-order valence-electron chi connectivity index (χ4n) is 4.12. The van der Waals surface area contributed by atoms with E-state index in [0.717, 1.165) is 46.2 Å². The minimum atomic E-state index is -1.15. The fraction of sp³-hybridized carbons (Fsp3) is 0.348. The molecule has 0 radical (unpaired) electrons. The molecule has 6 nitrogen and oxygen atoms in total. The van der Waals surface area contributed by atoms with E-state index in [-0.39, 0.29) is 6.17 Å². The van der Waals surface area contributed by atoms with Gasteiger partial charge in [0.1, 0.15) is 16.7 Å². The molecule has 0 amide bonds. The predicted octanol–water partition coefficient (Wildman–Crippen LogP) is 4.86. The van der Waals surface area contributed by atoms with Crippen LogP contribution < -0.4 is 14.5 Å². The lowest BCUT2D eigenvalue weighted by atomic mass is 10.0. The van der Waals surface area contributed by atoms with E-state index in [1.165, 1.54) is 5.56 Å². The number of aromatic nitrogens is 1. The maximum Gasteiger partial charge on any atom is 0.141 e. The second-order valence-corrected chi connectivity index (χ2v) is 9.16. The number of nitrogens with one attached hydrogen (secondary N) is 1. The number of benzene rings is 2. The van der Waals surface area contributed by atoms with E-state index in [4.69, 9.17) is 4.52 Å². The van der Waals surface area contributed by atoms with Crippen molar-refractivity contribution >= 4 is 28.0 Å². The van der Waals surface area contributed by atoms with Gasteiger partial charge in [0, 0.05) is 24.9 Å². The Morgan fingerprint density at radius 2 is 1.93 bits per heavy atom. The maximum absolute atomic E-state index is 12.4. The third kappa shape index (κ3) is 3.58. The van der Waals surface area contributed by atoms with Gasteiger partial charge < -0.3 is 19.0 Å². The lowest BCUT2D eigenvalue weighted by Crippen LogP contribution is -2.38. The van der Waals surface area contributed by atoms with Crippen LogP contribution in [0.25, 0.3) is 11.1 Å². The summed E-state index contributed by atoms with van der Waals surface area (Å²) >= 11 is 0. The Bertz CT molecular complexity index is 1060. The highest BCUT2D eigenvalue weighted by atomic mass is 32.2. The summed E-state index contributed by atoms with van der Waals surface area (Å²) in [5, 5.41) is 4.13. The number of aryl methyl sites for hydroxylation is 2. The molecule has 2 aromatic carbocycles. The van der Waals surface area contributed by atoms with Crippen LogP contribution in [-0.2, 0) is 17.5 Å². The number of anilines is 3. The van der Waals surface area contributed by atoms with Crippen molar-refractivity contribution in [2.45, 2.75) is 40.4 Å². The van der Waals surface area contributed by atoms with Crippen LogP contribution in [0.4, 0.5) is 17.1 Å². The first-order valence-electron chi connectivity index (χ1n) is 10.2. The lowest BCUT2D eigenvalue weighted by Gasteiger charge is -2.27. The summed E-state index contributed by atoms with van der Waals surface area (Å²) in [4.78, 5) is 4.62. The topological polar surface area (TPSA) is 61.6 Å².